The Bertz CT molecular complexity index is 2610. The van der Waals surface area contributed by atoms with Crippen LogP contribution in [0.4, 0.5) is 11.6 Å². The number of aromatic nitrogens is 2. The number of hydrogen-bond donors (Lipinski definition) is 3. The molecule has 0 bridgehead atoms. The third kappa shape index (κ3) is 7.69. The third-order valence-corrected chi connectivity index (χ3v) is 13.9. The van der Waals surface area contributed by atoms with Crippen molar-refractivity contribution in [3.8, 4) is 17.6 Å². The minimum Gasteiger partial charge on any atom is -0.491 e. The van der Waals surface area contributed by atoms with Gasteiger partial charge in [-0.05, 0) is 84.3 Å². The molecule has 332 valence electrons. The minimum atomic E-state index is -1.72. The number of nitrogens with one attached hydrogen (secondary N) is 1. The maximum absolute atomic E-state index is 16.0. The molecule has 5 aromatic rings. The van der Waals surface area contributed by atoms with Gasteiger partial charge in [-0.1, -0.05) is 97.5 Å². The zero-order chi connectivity index (χ0) is 44.5. The van der Waals surface area contributed by atoms with Gasteiger partial charge in [-0.2, -0.15) is 0 Å². The lowest BCUT2D eigenvalue weighted by molar-refractivity contribution is -0.179. The number of hydrogen-bond acceptors (Lipinski definition) is 11. The molecule has 65 heavy (non-hydrogen) atoms. The molecule has 1 saturated carbocycles. The van der Waals surface area contributed by atoms with Gasteiger partial charge in [-0.25, -0.2) is 9.97 Å². The van der Waals surface area contributed by atoms with Gasteiger partial charge in [0, 0.05) is 49.8 Å². The van der Waals surface area contributed by atoms with E-state index in [2.05, 4.69) is 32.0 Å². The van der Waals surface area contributed by atoms with Crippen LogP contribution in [0, 0.1) is 17.8 Å². The normalized spacial score (nSPS) is 26.0. The number of anilines is 2. The number of morpholine rings is 1. The van der Waals surface area contributed by atoms with Crippen molar-refractivity contribution in [2.45, 2.75) is 73.8 Å². The second kappa shape index (κ2) is 17.8. The second-order valence-electron chi connectivity index (χ2n) is 17.7. The summed E-state index contributed by atoms with van der Waals surface area (Å²) >= 11 is 0. The number of carbonyl (C=O) groups is 3. The molecule has 1 spiro atoms. The van der Waals surface area contributed by atoms with Gasteiger partial charge in [0.1, 0.15) is 35.5 Å². The monoisotopic (exact) mass is 872 g/mol. The molecule has 6 atom stereocenters. The fourth-order valence-electron chi connectivity index (χ4n) is 11.0. The van der Waals surface area contributed by atoms with E-state index in [-0.39, 0.29) is 19.1 Å². The topological polar surface area (TPSA) is 158 Å². The van der Waals surface area contributed by atoms with E-state index >= 15 is 14.4 Å². The number of cyclic esters (lactones) is 1. The van der Waals surface area contributed by atoms with Crippen LogP contribution in [0.3, 0.4) is 0 Å². The molecule has 13 heteroatoms. The summed E-state index contributed by atoms with van der Waals surface area (Å²) in [5.41, 5.74) is 1.01. The van der Waals surface area contributed by atoms with Crippen LogP contribution >= 0.6 is 0 Å². The molecule has 4 aliphatic heterocycles. The van der Waals surface area contributed by atoms with E-state index in [1.807, 2.05) is 102 Å². The molecule has 5 aliphatic rings. The average molecular weight is 873 g/mol. The highest BCUT2D eigenvalue weighted by Gasteiger charge is 2.74. The Balaban J connectivity index is 1.19. The number of ether oxygens (including phenoxy) is 2. The molecule has 3 saturated heterocycles. The molecule has 10 rings (SSSR count). The lowest BCUT2D eigenvalue weighted by atomic mass is 9.65. The SMILES string of the molecule is O=C1OC(c2ccccc2)C(c2ccccc2)N2C1C(C(=O)N1CCN(c3ncccn3)CC1)C1(C(=O)Nc3ccc(C#CC4(O)CCCCCC4)cc31)C2c1cccc(OCCO)c1. The smallest absolute Gasteiger partial charge is 0.324 e. The lowest BCUT2D eigenvalue weighted by Gasteiger charge is -2.46. The van der Waals surface area contributed by atoms with Crippen LogP contribution < -0.4 is 15.0 Å². The summed E-state index contributed by atoms with van der Waals surface area (Å²) < 4.78 is 12.6. The van der Waals surface area contributed by atoms with Crippen molar-refractivity contribution < 1.29 is 34.1 Å². The molecule has 6 unspecified atom stereocenters. The van der Waals surface area contributed by atoms with E-state index in [1.165, 1.54) is 0 Å². The quantitative estimate of drug-likeness (QED) is 0.0969. The second-order valence-corrected chi connectivity index (χ2v) is 17.7. The molecule has 0 radical (unpaired) electrons. The first-order valence-electron chi connectivity index (χ1n) is 22.7. The van der Waals surface area contributed by atoms with Gasteiger partial charge in [0.25, 0.3) is 0 Å². The van der Waals surface area contributed by atoms with E-state index in [4.69, 9.17) is 9.47 Å². The minimum absolute atomic E-state index is 0.0411. The fraction of sp³-hybridized carbons (Fsp3) is 0.365. The molecule has 13 nitrogen and oxygen atoms in total. The average Bonchev–Trinajstić information content (AvgIpc) is 3.71. The molecule has 3 N–H and O–H groups in total. The zero-order valence-electron chi connectivity index (χ0n) is 36.1. The number of piperazine rings is 1. The maximum atomic E-state index is 16.0. The van der Waals surface area contributed by atoms with Gasteiger partial charge < -0.3 is 34.8 Å². The van der Waals surface area contributed by atoms with Crippen LogP contribution in [-0.4, -0.2) is 98.8 Å². The molecule has 1 aromatic heterocycles. The van der Waals surface area contributed by atoms with Crippen molar-refractivity contribution in [2.75, 3.05) is 49.6 Å². The number of aliphatic hydroxyl groups is 2. The van der Waals surface area contributed by atoms with E-state index in [0.717, 1.165) is 36.8 Å². The van der Waals surface area contributed by atoms with E-state index in [1.54, 1.807) is 29.4 Å². The van der Waals surface area contributed by atoms with Crippen molar-refractivity contribution in [2.24, 2.45) is 5.92 Å². The Morgan fingerprint density at radius 1 is 0.800 bits per heavy atom. The van der Waals surface area contributed by atoms with E-state index < -0.39 is 53.0 Å². The standard InChI is InChI=1S/C52H52N6O7/c59-31-32-64-39-18-11-17-38(34-39)46-52(40-33-35(19-20-41(40)55-49(52)62)21-24-51(63)22-9-1-2-10-23-51)42(47(60)56-27-29-57(30-28-56)50-53-25-12-26-54-50)44-48(61)65-45(37-15-7-4-8-16-37)43(58(44)46)36-13-5-3-6-14-36/h3-8,11-20,25-26,33-34,42-46,59,63H,1-2,9-10,22-23,27-32H2,(H,55,62). The fourth-order valence-corrected chi connectivity index (χ4v) is 11.0. The van der Waals surface area contributed by atoms with Gasteiger partial charge in [-0.15, -0.1) is 0 Å². The van der Waals surface area contributed by atoms with Gasteiger partial charge in [-0.3, -0.25) is 19.3 Å². The molecule has 4 aromatic carbocycles. The van der Waals surface area contributed by atoms with Gasteiger partial charge in [0.15, 0.2) is 0 Å². The molecular formula is C52H52N6O7. The van der Waals surface area contributed by atoms with Crippen molar-refractivity contribution in [1.29, 1.82) is 0 Å². The third-order valence-electron chi connectivity index (χ3n) is 13.9. The Hall–Kier alpha value is -6.59. The summed E-state index contributed by atoms with van der Waals surface area (Å²) in [5, 5.41) is 24.6. The Morgan fingerprint density at radius 3 is 2.20 bits per heavy atom. The predicted octanol–water partition coefficient (Wildman–Crippen LogP) is 5.90. The Labute approximate surface area is 378 Å². The predicted molar refractivity (Wildman–Crippen MR) is 242 cm³/mol. The summed E-state index contributed by atoms with van der Waals surface area (Å²) in [4.78, 5) is 61.8. The number of fused-ring (bicyclic) bond motifs is 3. The molecule has 1 aliphatic carbocycles. The van der Waals surface area contributed by atoms with Crippen LogP contribution in [0.5, 0.6) is 5.75 Å². The molecule has 4 fully saturated rings. The largest absolute Gasteiger partial charge is 0.491 e. The van der Waals surface area contributed by atoms with Crippen molar-refractivity contribution in [3.05, 3.63) is 149 Å². The summed E-state index contributed by atoms with van der Waals surface area (Å²) in [6, 6.07) is 31.2. The number of esters is 1. The van der Waals surface area contributed by atoms with Crippen molar-refractivity contribution in [3.63, 3.8) is 0 Å². The van der Waals surface area contributed by atoms with Crippen molar-refractivity contribution >= 4 is 29.4 Å². The Kier molecular flexibility index (Phi) is 11.6. The first-order chi connectivity index (χ1) is 31.8. The highest BCUT2D eigenvalue weighted by atomic mass is 16.6. The van der Waals surface area contributed by atoms with Crippen LogP contribution in [0.1, 0.15) is 84.5 Å². The summed E-state index contributed by atoms with van der Waals surface area (Å²) in [6.45, 7) is 1.31. The number of nitrogens with zero attached hydrogens (tertiary/aromatic N) is 5. The van der Waals surface area contributed by atoms with Gasteiger partial charge in [0.05, 0.1) is 24.6 Å². The van der Waals surface area contributed by atoms with Gasteiger partial charge >= 0.3 is 5.97 Å². The van der Waals surface area contributed by atoms with Crippen molar-refractivity contribution in [1.82, 2.24) is 19.8 Å². The first kappa shape index (κ1) is 42.4. The zero-order valence-corrected chi connectivity index (χ0v) is 36.1. The maximum Gasteiger partial charge on any atom is 0.324 e. The highest BCUT2D eigenvalue weighted by Crippen LogP contribution is 2.65. The number of aliphatic hydroxyl groups excluding tert-OH is 1. The van der Waals surface area contributed by atoms with Crippen LogP contribution in [-0.2, 0) is 24.5 Å². The number of benzene rings is 4. The summed E-state index contributed by atoms with van der Waals surface area (Å²) in [6.07, 6.45) is 7.58. The number of rotatable bonds is 8. The first-order valence-corrected chi connectivity index (χ1v) is 22.7. The van der Waals surface area contributed by atoms with Gasteiger partial charge in [0.2, 0.25) is 17.8 Å². The number of carbonyl (C=O) groups excluding carboxylic acids is 3. The summed E-state index contributed by atoms with van der Waals surface area (Å²) in [5.74, 6) is 4.85. The van der Waals surface area contributed by atoms with Crippen LogP contribution in [0.15, 0.2) is 122 Å². The Morgan fingerprint density at radius 2 is 1.49 bits per heavy atom. The molecular weight excluding hydrogens is 821 g/mol. The van der Waals surface area contributed by atoms with Crippen LogP contribution in [0.2, 0.25) is 0 Å². The number of amides is 2. The van der Waals surface area contributed by atoms with E-state index in [0.29, 0.717) is 73.1 Å². The summed E-state index contributed by atoms with van der Waals surface area (Å²) in [7, 11) is 0. The molecule has 5 heterocycles. The highest BCUT2D eigenvalue weighted by molar-refractivity contribution is 6.12. The van der Waals surface area contributed by atoms with E-state index in [9.17, 15) is 10.2 Å². The molecule has 2 amide bonds. The van der Waals surface area contributed by atoms with Crippen LogP contribution in [0.25, 0.3) is 0 Å². The lowest BCUT2D eigenvalue weighted by Crippen LogP contribution is -2.58.